The van der Waals surface area contributed by atoms with Crippen LogP contribution in [0.2, 0.25) is 0 Å². The number of thioether (sulfide) groups is 1. The van der Waals surface area contributed by atoms with Crippen molar-refractivity contribution in [1.29, 1.82) is 0 Å². The smallest absolute Gasteiger partial charge is 0.331 e. The van der Waals surface area contributed by atoms with Gasteiger partial charge in [-0.1, -0.05) is 29.8 Å². The predicted molar refractivity (Wildman–Crippen MR) is 116 cm³/mol. The van der Waals surface area contributed by atoms with Crippen LogP contribution in [0.15, 0.2) is 52.9 Å². The molecule has 1 fully saturated rings. The zero-order valence-electron chi connectivity index (χ0n) is 17.0. The van der Waals surface area contributed by atoms with Gasteiger partial charge in [0.05, 0.1) is 0 Å². The van der Waals surface area contributed by atoms with Crippen LogP contribution in [-0.4, -0.2) is 38.6 Å². The zero-order valence-corrected chi connectivity index (χ0v) is 17.8. The van der Waals surface area contributed by atoms with E-state index in [0.717, 1.165) is 40.6 Å². The Labute approximate surface area is 179 Å². The molecule has 4 rings (SSSR count). The first kappa shape index (κ1) is 20.5. The minimum atomic E-state index is -0.773. The highest BCUT2D eigenvalue weighted by atomic mass is 32.2. The maximum absolute atomic E-state index is 11.3. The molecule has 0 aliphatic carbocycles. The summed E-state index contributed by atoms with van der Waals surface area (Å²) >= 11 is 1.47. The van der Waals surface area contributed by atoms with Crippen LogP contribution in [0.25, 0.3) is 11.5 Å². The van der Waals surface area contributed by atoms with Gasteiger partial charge in [0.1, 0.15) is 23.8 Å². The lowest BCUT2D eigenvalue weighted by atomic mass is 10.1. The van der Waals surface area contributed by atoms with E-state index in [9.17, 15) is 9.90 Å². The lowest BCUT2D eigenvalue weighted by Gasteiger charge is -2.20. The van der Waals surface area contributed by atoms with Crippen LogP contribution in [0.4, 0.5) is 0 Å². The Hall–Kier alpha value is -2.77. The third-order valence-electron chi connectivity index (χ3n) is 5.07. The molecule has 1 atom stereocenters. The van der Waals surface area contributed by atoms with E-state index >= 15 is 0 Å². The third kappa shape index (κ3) is 4.68. The molecule has 7 heteroatoms. The minimum Gasteiger partial charge on any atom is -0.487 e. The first-order valence-electron chi connectivity index (χ1n) is 9.83. The number of aryl methyl sites for hydroxylation is 2. The van der Waals surface area contributed by atoms with Crippen molar-refractivity contribution < 1.29 is 19.1 Å². The zero-order chi connectivity index (χ0) is 21.1. The molecule has 0 radical (unpaired) electrons. The van der Waals surface area contributed by atoms with Gasteiger partial charge in [-0.2, -0.15) is 0 Å². The van der Waals surface area contributed by atoms with Gasteiger partial charge in [-0.05, 0) is 43.7 Å². The highest BCUT2D eigenvalue weighted by molar-refractivity contribution is 8.00. The second-order valence-electron chi connectivity index (χ2n) is 7.35. The van der Waals surface area contributed by atoms with Crippen LogP contribution in [-0.2, 0) is 17.9 Å². The molecule has 0 amide bonds. The molecular formula is C23H24N2O4S. The van der Waals surface area contributed by atoms with E-state index in [1.807, 2.05) is 67.3 Å². The molecule has 156 valence electrons. The first-order chi connectivity index (χ1) is 14.5. The van der Waals surface area contributed by atoms with Gasteiger partial charge in [0.15, 0.2) is 5.37 Å². The molecule has 1 aliphatic heterocycles. The van der Waals surface area contributed by atoms with Gasteiger partial charge in [-0.15, -0.1) is 11.8 Å². The maximum atomic E-state index is 11.3. The molecule has 3 aromatic rings. The van der Waals surface area contributed by atoms with E-state index < -0.39 is 11.3 Å². The van der Waals surface area contributed by atoms with Crippen molar-refractivity contribution in [2.24, 2.45) is 0 Å². The normalized spacial score (nSPS) is 16.7. The number of aliphatic carboxylic acids is 1. The van der Waals surface area contributed by atoms with Gasteiger partial charge in [0.25, 0.3) is 0 Å². The van der Waals surface area contributed by atoms with Crippen molar-refractivity contribution in [1.82, 2.24) is 9.88 Å². The number of aromatic nitrogens is 1. The summed E-state index contributed by atoms with van der Waals surface area (Å²) in [6, 6.07) is 15.8. The molecule has 6 nitrogen and oxygen atoms in total. The summed E-state index contributed by atoms with van der Waals surface area (Å²) in [6.45, 7) is 5.66. The number of hydrogen-bond donors (Lipinski definition) is 1. The number of carbonyl (C=O) groups is 1. The quantitative estimate of drug-likeness (QED) is 0.598. The molecule has 2 heterocycles. The molecule has 0 spiro atoms. The van der Waals surface area contributed by atoms with Gasteiger partial charge in [-0.3, -0.25) is 4.90 Å². The summed E-state index contributed by atoms with van der Waals surface area (Å²) in [5.41, 5.74) is 3.97. The van der Waals surface area contributed by atoms with E-state index in [-0.39, 0.29) is 0 Å². The summed E-state index contributed by atoms with van der Waals surface area (Å²) in [4.78, 5) is 17.9. The molecule has 1 N–H and O–H groups in total. The van der Waals surface area contributed by atoms with Crippen molar-refractivity contribution in [2.45, 2.75) is 32.4 Å². The van der Waals surface area contributed by atoms with E-state index in [1.165, 1.54) is 17.3 Å². The lowest BCUT2D eigenvalue weighted by Crippen LogP contribution is -2.33. The predicted octanol–water partition coefficient (Wildman–Crippen LogP) is 4.50. The summed E-state index contributed by atoms with van der Waals surface area (Å²) in [7, 11) is 0. The third-order valence-corrected chi connectivity index (χ3v) is 6.31. The number of ether oxygens (including phenoxy) is 1. The SMILES string of the molecule is Cc1ccc(-c2nc(COc3ccc(CN4CCSC4C(=O)O)cc3)c(C)o2)cc1. The Morgan fingerprint density at radius 2 is 1.93 bits per heavy atom. The van der Waals surface area contributed by atoms with Crippen molar-refractivity contribution in [3.63, 3.8) is 0 Å². The van der Waals surface area contributed by atoms with Gasteiger partial charge < -0.3 is 14.3 Å². The highest BCUT2D eigenvalue weighted by Gasteiger charge is 2.30. The number of carboxylic acids is 1. The summed E-state index contributed by atoms with van der Waals surface area (Å²) in [5.74, 6) is 2.15. The van der Waals surface area contributed by atoms with Gasteiger partial charge >= 0.3 is 5.97 Å². The second kappa shape index (κ2) is 8.93. The van der Waals surface area contributed by atoms with Crippen molar-refractivity contribution >= 4 is 17.7 Å². The van der Waals surface area contributed by atoms with E-state index in [1.54, 1.807) is 0 Å². The molecule has 0 bridgehead atoms. The highest BCUT2D eigenvalue weighted by Crippen LogP contribution is 2.27. The largest absolute Gasteiger partial charge is 0.487 e. The average Bonchev–Trinajstić information content (AvgIpc) is 3.35. The average molecular weight is 425 g/mol. The van der Waals surface area contributed by atoms with E-state index in [4.69, 9.17) is 9.15 Å². The van der Waals surface area contributed by atoms with E-state index in [0.29, 0.717) is 19.0 Å². The molecule has 1 saturated heterocycles. The number of rotatable bonds is 7. The molecule has 0 saturated carbocycles. The minimum absolute atomic E-state index is 0.324. The number of oxazole rings is 1. The molecular weight excluding hydrogens is 400 g/mol. The monoisotopic (exact) mass is 424 g/mol. The Kier molecular flexibility index (Phi) is 6.11. The van der Waals surface area contributed by atoms with Crippen LogP contribution in [0.1, 0.15) is 22.6 Å². The van der Waals surface area contributed by atoms with Crippen molar-refractivity contribution in [3.8, 4) is 17.2 Å². The second-order valence-corrected chi connectivity index (χ2v) is 8.54. The summed E-state index contributed by atoms with van der Waals surface area (Å²) < 4.78 is 11.7. The Balaban J connectivity index is 1.36. The van der Waals surface area contributed by atoms with Crippen LogP contribution in [0, 0.1) is 13.8 Å². The lowest BCUT2D eigenvalue weighted by molar-refractivity contribution is -0.139. The van der Waals surface area contributed by atoms with Crippen LogP contribution in [0.5, 0.6) is 5.75 Å². The molecule has 1 unspecified atom stereocenters. The Morgan fingerprint density at radius 3 is 2.63 bits per heavy atom. The van der Waals surface area contributed by atoms with Crippen molar-refractivity contribution in [3.05, 3.63) is 71.1 Å². The molecule has 30 heavy (non-hydrogen) atoms. The molecule has 1 aliphatic rings. The summed E-state index contributed by atoms with van der Waals surface area (Å²) in [5, 5.41) is 8.84. The molecule has 1 aromatic heterocycles. The Bertz CT molecular complexity index is 1010. The van der Waals surface area contributed by atoms with Crippen LogP contribution < -0.4 is 4.74 Å². The number of benzene rings is 2. The van der Waals surface area contributed by atoms with Gasteiger partial charge in [-0.25, -0.2) is 9.78 Å². The van der Waals surface area contributed by atoms with Crippen LogP contribution in [0.3, 0.4) is 0 Å². The van der Waals surface area contributed by atoms with Crippen molar-refractivity contribution in [2.75, 3.05) is 12.3 Å². The topological polar surface area (TPSA) is 75.8 Å². The number of carboxylic acid groups (broad SMARTS) is 1. The van der Waals surface area contributed by atoms with Crippen LogP contribution >= 0.6 is 11.8 Å². The maximum Gasteiger partial charge on any atom is 0.331 e. The molecule has 2 aromatic carbocycles. The number of nitrogens with zero attached hydrogens (tertiary/aromatic N) is 2. The fraction of sp³-hybridized carbons (Fsp3) is 0.304. The fourth-order valence-electron chi connectivity index (χ4n) is 3.35. The fourth-order valence-corrected chi connectivity index (χ4v) is 4.45. The standard InChI is InChI=1S/C23H24N2O4S/c1-15-3-7-18(8-4-15)21-24-20(16(2)29-21)14-28-19-9-5-17(6-10-19)13-25-11-12-30-22(25)23(26)27/h3-10,22H,11-14H2,1-2H3,(H,26,27). The first-order valence-corrected chi connectivity index (χ1v) is 10.9. The Morgan fingerprint density at radius 1 is 1.20 bits per heavy atom. The van der Waals surface area contributed by atoms with E-state index in [2.05, 4.69) is 4.98 Å². The van der Waals surface area contributed by atoms with Gasteiger partial charge in [0.2, 0.25) is 5.89 Å². The van der Waals surface area contributed by atoms with Gasteiger partial charge in [0, 0.05) is 24.4 Å². The number of hydrogen-bond acceptors (Lipinski definition) is 6. The summed E-state index contributed by atoms with van der Waals surface area (Å²) in [6.07, 6.45) is 0.